The second-order valence-electron chi connectivity index (χ2n) is 5.04. The van der Waals surface area contributed by atoms with Crippen LogP contribution in [0.3, 0.4) is 0 Å². The summed E-state index contributed by atoms with van der Waals surface area (Å²) in [5.41, 5.74) is 1.64. The Balaban J connectivity index is 2.14. The van der Waals surface area contributed by atoms with E-state index >= 15 is 0 Å². The molecule has 2 aromatic carbocycles. The number of benzene rings is 2. The zero-order chi connectivity index (χ0) is 15.7. The lowest BCUT2D eigenvalue weighted by molar-refractivity contribution is 0.0690. The van der Waals surface area contributed by atoms with Crippen LogP contribution >= 0.6 is 0 Å². The van der Waals surface area contributed by atoms with Gasteiger partial charge in [-0.25, -0.2) is 4.39 Å². The summed E-state index contributed by atoms with van der Waals surface area (Å²) in [7, 11) is 1.49. The maximum Gasteiger partial charge on any atom is 0.257 e. The summed E-state index contributed by atoms with van der Waals surface area (Å²) in [4.78, 5) is 14.3. The third-order valence-electron chi connectivity index (χ3n) is 3.87. The van der Waals surface area contributed by atoms with E-state index in [1.54, 1.807) is 23.1 Å². The Bertz CT molecular complexity index is 718. The average molecular weight is 300 g/mol. The Hall–Kier alpha value is -2.56. The summed E-state index contributed by atoms with van der Waals surface area (Å²) >= 11 is 0. The standard InChI is InChI=1S/C17H17FN2O2/c1-3-20-16(15-12(18)8-6-10-14(15)22-2)19-13-9-5-4-7-11(13)17(20)21/h4-10,16,19H,3H2,1-2H3. The number of nitrogens with zero attached hydrogens (tertiary/aromatic N) is 1. The highest BCUT2D eigenvalue weighted by molar-refractivity contribution is 6.01. The molecule has 1 amide bonds. The smallest absolute Gasteiger partial charge is 0.257 e. The quantitative estimate of drug-likeness (QED) is 0.944. The van der Waals surface area contributed by atoms with Gasteiger partial charge in [-0.05, 0) is 31.2 Å². The lowest BCUT2D eigenvalue weighted by Crippen LogP contribution is -2.43. The zero-order valence-electron chi connectivity index (χ0n) is 12.5. The molecule has 0 aromatic heterocycles. The normalized spacial score (nSPS) is 17.0. The van der Waals surface area contributed by atoms with Crippen molar-refractivity contribution < 1.29 is 13.9 Å². The van der Waals surface area contributed by atoms with Crippen molar-refractivity contribution in [2.75, 3.05) is 19.0 Å². The number of methoxy groups -OCH3 is 1. The van der Waals surface area contributed by atoms with Gasteiger partial charge < -0.3 is 15.0 Å². The van der Waals surface area contributed by atoms with Crippen molar-refractivity contribution in [2.24, 2.45) is 0 Å². The Morgan fingerprint density at radius 3 is 2.73 bits per heavy atom. The Labute approximate surface area is 128 Å². The molecule has 114 valence electrons. The van der Waals surface area contributed by atoms with E-state index in [0.717, 1.165) is 0 Å². The van der Waals surface area contributed by atoms with Crippen molar-refractivity contribution in [1.29, 1.82) is 0 Å². The van der Waals surface area contributed by atoms with Crippen molar-refractivity contribution in [3.8, 4) is 5.75 Å². The van der Waals surface area contributed by atoms with Crippen molar-refractivity contribution in [2.45, 2.75) is 13.1 Å². The maximum atomic E-state index is 14.4. The van der Waals surface area contributed by atoms with E-state index in [4.69, 9.17) is 4.74 Å². The number of amides is 1. The molecule has 1 atom stereocenters. The van der Waals surface area contributed by atoms with Crippen LogP contribution in [-0.2, 0) is 0 Å². The molecule has 0 fully saturated rings. The predicted molar refractivity (Wildman–Crippen MR) is 82.5 cm³/mol. The Morgan fingerprint density at radius 1 is 1.23 bits per heavy atom. The van der Waals surface area contributed by atoms with Crippen molar-refractivity contribution >= 4 is 11.6 Å². The molecule has 3 rings (SSSR count). The minimum Gasteiger partial charge on any atom is -0.496 e. The topological polar surface area (TPSA) is 41.6 Å². The van der Waals surface area contributed by atoms with E-state index < -0.39 is 12.0 Å². The number of rotatable bonds is 3. The van der Waals surface area contributed by atoms with E-state index in [0.29, 0.717) is 29.1 Å². The van der Waals surface area contributed by atoms with Gasteiger partial charge in [-0.15, -0.1) is 0 Å². The van der Waals surface area contributed by atoms with Crippen LogP contribution in [-0.4, -0.2) is 24.5 Å². The number of carbonyl (C=O) groups is 1. The lowest BCUT2D eigenvalue weighted by Gasteiger charge is -2.38. The Kier molecular flexibility index (Phi) is 3.71. The van der Waals surface area contributed by atoms with Crippen LogP contribution in [0.1, 0.15) is 29.0 Å². The molecule has 1 heterocycles. The van der Waals surface area contributed by atoms with Gasteiger partial charge >= 0.3 is 0 Å². The molecule has 2 aromatic rings. The number of ether oxygens (including phenoxy) is 1. The number of fused-ring (bicyclic) bond motifs is 1. The number of hydrogen-bond acceptors (Lipinski definition) is 3. The monoisotopic (exact) mass is 300 g/mol. The molecule has 1 unspecified atom stereocenters. The van der Waals surface area contributed by atoms with E-state index in [1.807, 2.05) is 25.1 Å². The molecule has 5 heteroatoms. The average Bonchev–Trinajstić information content (AvgIpc) is 2.54. The predicted octanol–water partition coefficient (Wildman–Crippen LogP) is 3.42. The van der Waals surface area contributed by atoms with Crippen LogP contribution in [0.4, 0.5) is 10.1 Å². The third-order valence-corrected chi connectivity index (χ3v) is 3.87. The number of anilines is 1. The fourth-order valence-corrected chi connectivity index (χ4v) is 2.81. The van der Waals surface area contributed by atoms with Crippen molar-refractivity contribution in [3.63, 3.8) is 0 Å². The summed E-state index contributed by atoms with van der Waals surface area (Å²) in [5, 5.41) is 3.25. The van der Waals surface area contributed by atoms with Gasteiger partial charge in [0.25, 0.3) is 5.91 Å². The van der Waals surface area contributed by atoms with Crippen LogP contribution in [0.2, 0.25) is 0 Å². The van der Waals surface area contributed by atoms with Gasteiger partial charge in [0.05, 0.1) is 18.2 Å². The van der Waals surface area contributed by atoms with E-state index in [1.165, 1.54) is 13.2 Å². The first-order valence-electron chi connectivity index (χ1n) is 7.16. The minimum atomic E-state index is -0.594. The number of para-hydroxylation sites is 1. The summed E-state index contributed by atoms with van der Waals surface area (Å²) in [6, 6.07) is 11.9. The first-order valence-corrected chi connectivity index (χ1v) is 7.16. The highest BCUT2D eigenvalue weighted by Gasteiger charge is 2.34. The summed E-state index contributed by atoms with van der Waals surface area (Å²) in [6.07, 6.45) is -0.594. The van der Waals surface area contributed by atoms with Gasteiger partial charge in [-0.2, -0.15) is 0 Å². The maximum absolute atomic E-state index is 14.4. The molecule has 0 aliphatic carbocycles. The second kappa shape index (κ2) is 5.67. The molecule has 0 bridgehead atoms. The minimum absolute atomic E-state index is 0.118. The molecule has 0 saturated heterocycles. The third kappa shape index (κ3) is 2.19. The first-order chi connectivity index (χ1) is 10.7. The van der Waals surface area contributed by atoms with Crippen LogP contribution < -0.4 is 10.1 Å². The molecule has 1 aliphatic heterocycles. The molecule has 1 N–H and O–H groups in total. The highest BCUT2D eigenvalue weighted by Crippen LogP contribution is 2.37. The Morgan fingerprint density at radius 2 is 2.00 bits per heavy atom. The van der Waals surface area contributed by atoms with Gasteiger partial charge in [0, 0.05) is 12.2 Å². The molecule has 0 saturated carbocycles. The van der Waals surface area contributed by atoms with Crippen LogP contribution in [0.25, 0.3) is 0 Å². The van der Waals surface area contributed by atoms with Crippen LogP contribution in [0.5, 0.6) is 5.75 Å². The van der Waals surface area contributed by atoms with Gasteiger partial charge in [0.1, 0.15) is 17.7 Å². The fourth-order valence-electron chi connectivity index (χ4n) is 2.81. The van der Waals surface area contributed by atoms with Gasteiger partial charge in [-0.3, -0.25) is 4.79 Å². The molecule has 0 radical (unpaired) electrons. The number of nitrogens with one attached hydrogen (secondary N) is 1. The van der Waals surface area contributed by atoms with Crippen molar-refractivity contribution in [1.82, 2.24) is 4.90 Å². The first kappa shape index (κ1) is 14.4. The molecule has 22 heavy (non-hydrogen) atoms. The van der Waals surface area contributed by atoms with E-state index in [-0.39, 0.29) is 5.91 Å². The largest absolute Gasteiger partial charge is 0.496 e. The lowest BCUT2D eigenvalue weighted by atomic mass is 10.0. The molecule has 1 aliphatic rings. The molecule has 0 spiro atoms. The van der Waals surface area contributed by atoms with Crippen LogP contribution in [0.15, 0.2) is 42.5 Å². The zero-order valence-corrected chi connectivity index (χ0v) is 12.5. The SMILES string of the molecule is CCN1C(=O)c2ccccc2NC1c1c(F)cccc1OC. The van der Waals surface area contributed by atoms with Gasteiger partial charge in [-0.1, -0.05) is 18.2 Å². The number of hydrogen-bond donors (Lipinski definition) is 1. The summed E-state index contributed by atoms with van der Waals surface area (Å²) in [6.45, 7) is 2.33. The summed E-state index contributed by atoms with van der Waals surface area (Å²) < 4.78 is 19.7. The van der Waals surface area contributed by atoms with Crippen molar-refractivity contribution in [3.05, 3.63) is 59.4 Å². The number of carbonyl (C=O) groups excluding carboxylic acids is 1. The second-order valence-corrected chi connectivity index (χ2v) is 5.04. The van der Waals surface area contributed by atoms with E-state index in [9.17, 15) is 9.18 Å². The molecule has 4 nitrogen and oxygen atoms in total. The van der Waals surface area contributed by atoms with Gasteiger partial charge in [0.15, 0.2) is 0 Å². The fraction of sp³-hybridized carbons (Fsp3) is 0.235. The molecular weight excluding hydrogens is 283 g/mol. The van der Waals surface area contributed by atoms with Crippen LogP contribution in [0, 0.1) is 5.82 Å². The number of halogens is 1. The molecular formula is C17H17FN2O2. The summed E-state index contributed by atoms with van der Waals surface area (Å²) in [5.74, 6) is -0.0993. The van der Waals surface area contributed by atoms with Gasteiger partial charge in [0.2, 0.25) is 0 Å². The van der Waals surface area contributed by atoms with E-state index in [2.05, 4.69) is 5.32 Å². The highest BCUT2D eigenvalue weighted by atomic mass is 19.1.